The van der Waals surface area contributed by atoms with Crippen LogP contribution in [-0.4, -0.2) is 47.5 Å². The lowest BCUT2D eigenvalue weighted by Gasteiger charge is -2.33. The van der Waals surface area contributed by atoms with Crippen LogP contribution >= 0.6 is 0 Å². The molecule has 1 aromatic heterocycles. The van der Waals surface area contributed by atoms with E-state index in [2.05, 4.69) is 20.2 Å². The lowest BCUT2D eigenvalue weighted by atomic mass is 10.2. The molecular weight excluding hydrogens is 278 g/mol. The smallest absolute Gasteiger partial charge is 0.229 e. The van der Waals surface area contributed by atoms with Gasteiger partial charge < -0.3 is 15.1 Å². The van der Waals surface area contributed by atoms with Gasteiger partial charge >= 0.3 is 0 Å². The number of nitrogens with one attached hydrogen (secondary N) is 1. The number of aryl methyl sites for hydroxylation is 1. The Kier molecular flexibility index (Phi) is 4.18. The second-order valence-electron chi connectivity index (χ2n) is 5.31. The number of rotatable bonds is 4. The zero-order valence-electron chi connectivity index (χ0n) is 12.6. The number of amides is 1. The van der Waals surface area contributed by atoms with Gasteiger partial charge in [0, 0.05) is 38.1 Å². The van der Waals surface area contributed by atoms with Crippen LogP contribution in [0, 0.1) is 6.92 Å². The second kappa shape index (κ2) is 6.43. The summed E-state index contributed by atoms with van der Waals surface area (Å²) in [5.41, 5.74) is 2.15. The van der Waals surface area contributed by atoms with Crippen molar-refractivity contribution in [2.45, 2.75) is 6.92 Å². The predicted molar refractivity (Wildman–Crippen MR) is 86.3 cm³/mol. The largest absolute Gasteiger partial charge is 0.353 e. The van der Waals surface area contributed by atoms with E-state index >= 15 is 0 Å². The monoisotopic (exact) mass is 297 g/mol. The molecule has 1 N–H and O–H groups in total. The van der Waals surface area contributed by atoms with Gasteiger partial charge in [0.1, 0.15) is 5.82 Å². The van der Waals surface area contributed by atoms with E-state index in [1.807, 2.05) is 37.3 Å². The van der Waals surface area contributed by atoms with Crippen molar-refractivity contribution in [1.82, 2.24) is 14.9 Å². The standard InChI is InChI=1S/C16H19N5O/c1-13-4-2-3-5-14(13)18-16-17-7-6-15(19-16)21-10-8-20(12-22)9-11-21/h2-7,12H,8-11H2,1H3,(H,17,18,19). The summed E-state index contributed by atoms with van der Waals surface area (Å²) in [4.78, 5) is 23.6. The van der Waals surface area contributed by atoms with Gasteiger partial charge in [0.2, 0.25) is 12.4 Å². The predicted octanol–water partition coefficient (Wildman–Crippen LogP) is 1.81. The molecule has 0 aliphatic carbocycles. The Bertz CT molecular complexity index is 652. The van der Waals surface area contributed by atoms with E-state index in [1.54, 1.807) is 11.1 Å². The first-order valence-electron chi connectivity index (χ1n) is 7.36. The van der Waals surface area contributed by atoms with E-state index < -0.39 is 0 Å². The summed E-state index contributed by atoms with van der Waals surface area (Å²) < 4.78 is 0. The molecule has 6 nitrogen and oxygen atoms in total. The SMILES string of the molecule is Cc1ccccc1Nc1nccc(N2CCN(C=O)CC2)n1. The average Bonchev–Trinajstić information content (AvgIpc) is 2.57. The van der Waals surface area contributed by atoms with Gasteiger partial charge in [-0.2, -0.15) is 4.98 Å². The highest BCUT2D eigenvalue weighted by Crippen LogP contribution is 2.19. The molecule has 114 valence electrons. The molecule has 0 radical (unpaired) electrons. The zero-order valence-corrected chi connectivity index (χ0v) is 12.6. The highest BCUT2D eigenvalue weighted by atomic mass is 16.1. The van der Waals surface area contributed by atoms with E-state index in [0.717, 1.165) is 49.7 Å². The summed E-state index contributed by atoms with van der Waals surface area (Å²) in [6.07, 6.45) is 2.66. The highest BCUT2D eigenvalue weighted by Gasteiger charge is 2.17. The van der Waals surface area contributed by atoms with Crippen LogP contribution in [0.5, 0.6) is 0 Å². The number of carbonyl (C=O) groups excluding carboxylic acids is 1. The Morgan fingerprint density at radius 2 is 1.91 bits per heavy atom. The number of carbonyl (C=O) groups is 1. The number of benzene rings is 1. The van der Waals surface area contributed by atoms with Crippen molar-refractivity contribution in [3.63, 3.8) is 0 Å². The van der Waals surface area contributed by atoms with Crippen LogP contribution in [-0.2, 0) is 4.79 Å². The van der Waals surface area contributed by atoms with Crippen LogP contribution in [0.2, 0.25) is 0 Å². The van der Waals surface area contributed by atoms with Crippen molar-refractivity contribution in [3.8, 4) is 0 Å². The fourth-order valence-electron chi connectivity index (χ4n) is 2.48. The molecule has 2 heterocycles. The maximum absolute atomic E-state index is 10.8. The minimum atomic E-state index is 0.588. The first-order valence-corrected chi connectivity index (χ1v) is 7.36. The molecular formula is C16H19N5O. The molecule has 1 aliphatic heterocycles. The van der Waals surface area contributed by atoms with E-state index in [-0.39, 0.29) is 0 Å². The number of para-hydroxylation sites is 1. The normalized spacial score (nSPS) is 14.8. The molecule has 3 rings (SSSR count). The molecule has 1 aliphatic rings. The minimum Gasteiger partial charge on any atom is -0.353 e. The molecule has 0 bridgehead atoms. The van der Waals surface area contributed by atoms with Gasteiger partial charge in [-0.1, -0.05) is 18.2 Å². The number of piperazine rings is 1. The maximum atomic E-state index is 10.8. The summed E-state index contributed by atoms with van der Waals surface area (Å²) in [5, 5.41) is 3.26. The van der Waals surface area contributed by atoms with Gasteiger partial charge in [-0.25, -0.2) is 4.98 Å². The molecule has 1 amide bonds. The van der Waals surface area contributed by atoms with Gasteiger partial charge in [0.15, 0.2) is 0 Å². The van der Waals surface area contributed by atoms with Crippen molar-refractivity contribution in [2.75, 3.05) is 36.4 Å². The van der Waals surface area contributed by atoms with Gasteiger partial charge in [0.25, 0.3) is 0 Å². The fourth-order valence-corrected chi connectivity index (χ4v) is 2.48. The molecule has 0 atom stereocenters. The Morgan fingerprint density at radius 3 is 2.64 bits per heavy atom. The van der Waals surface area contributed by atoms with E-state index in [4.69, 9.17) is 0 Å². The topological polar surface area (TPSA) is 61.4 Å². The van der Waals surface area contributed by atoms with Crippen molar-refractivity contribution >= 4 is 23.9 Å². The summed E-state index contributed by atoms with van der Waals surface area (Å²) in [5.74, 6) is 1.47. The lowest BCUT2D eigenvalue weighted by Crippen LogP contribution is -2.46. The van der Waals surface area contributed by atoms with Crippen LogP contribution in [0.15, 0.2) is 36.5 Å². The number of hydrogen-bond acceptors (Lipinski definition) is 5. The minimum absolute atomic E-state index is 0.588. The third-order valence-electron chi connectivity index (χ3n) is 3.82. The van der Waals surface area contributed by atoms with Crippen molar-refractivity contribution in [2.24, 2.45) is 0 Å². The summed E-state index contributed by atoms with van der Waals surface area (Å²) in [6.45, 7) is 5.09. The highest BCUT2D eigenvalue weighted by molar-refractivity contribution is 5.59. The van der Waals surface area contributed by atoms with Crippen LogP contribution in [0.3, 0.4) is 0 Å². The Labute approximate surface area is 129 Å². The molecule has 1 fully saturated rings. The summed E-state index contributed by atoms with van der Waals surface area (Å²) in [7, 11) is 0. The number of nitrogens with zero attached hydrogens (tertiary/aromatic N) is 4. The first-order chi connectivity index (χ1) is 10.8. The Morgan fingerprint density at radius 1 is 1.14 bits per heavy atom. The maximum Gasteiger partial charge on any atom is 0.229 e. The lowest BCUT2D eigenvalue weighted by molar-refractivity contribution is -0.118. The van der Waals surface area contributed by atoms with Gasteiger partial charge in [-0.05, 0) is 24.6 Å². The molecule has 0 saturated carbocycles. The molecule has 1 saturated heterocycles. The Hall–Kier alpha value is -2.63. The number of anilines is 3. The zero-order chi connectivity index (χ0) is 15.4. The van der Waals surface area contributed by atoms with Crippen molar-refractivity contribution in [3.05, 3.63) is 42.1 Å². The molecule has 6 heteroatoms. The van der Waals surface area contributed by atoms with Gasteiger partial charge in [-0.3, -0.25) is 4.79 Å². The van der Waals surface area contributed by atoms with Crippen LogP contribution in [0.1, 0.15) is 5.56 Å². The summed E-state index contributed by atoms with van der Waals surface area (Å²) >= 11 is 0. The van der Waals surface area contributed by atoms with Crippen LogP contribution < -0.4 is 10.2 Å². The van der Waals surface area contributed by atoms with Crippen molar-refractivity contribution in [1.29, 1.82) is 0 Å². The summed E-state index contributed by atoms with van der Waals surface area (Å²) in [6, 6.07) is 9.95. The van der Waals surface area contributed by atoms with Crippen LogP contribution in [0.25, 0.3) is 0 Å². The first kappa shape index (κ1) is 14.3. The van der Waals surface area contributed by atoms with E-state index in [0.29, 0.717) is 5.95 Å². The third kappa shape index (κ3) is 3.16. The van der Waals surface area contributed by atoms with E-state index in [9.17, 15) is 4.79 Å². The van der Waals surface area contributed by atoms with Crippen molar-refractivity contribution < 1.29 is 4.79 Å². The Balaban J connectivity index is 1.73. The fraction of sp³-hybridized carbons (Fsp3) is 0.312. The van der Waals surface area contributed by atoms with Crippen LogP contribution in [0.4, 0.5) is 17.5 Å². The van der Waals surface area contributed by atoms with Gasteiger partial charge in [-0.15, -0.1) is 0 Å². The number of aromatic nitrogens is 2. The van der Waals surface area contributed by atoms with E-state index in [1.165, 1.54) is 0 Å². The molecule has 0 unspecified atom stereocenters. The molecule has 22 heavy (non-hydrogen) atoms. The number of hydrogen-bond donors (Lipinski definition) is 1. The van der Waals surface area contributed by atoms with Gasteiger partial charge in [0.05, 0.1) is 0 Å². The molecule has 0 spiro atoms. The quantitative estimate of drug-likeness (QED) is 0.872. The molecule has 1 aromatic carbocycles. The average molecular weight is 297 g/mol. The second-order valence-corrected chi connectivity index (χ2v) is 5.31. The molecule has 2 aromatic rings. The third-order valence-corrected chi connectivity index (χ3v) is 3.82.